The SMILES string of the molecule is NC1(CC2(c3ccc(Cl)c(Cl)c3)CCCCC2)CC1. The molecule has 2 N–H and O–H groups in total. The van der Waals surface area contributed by atoms with Crippen molar-refractivity contribution in [2.45, 2.75) is 62.3 Å². The van der Waals surface area contributed by atoms with E-state index >= 15 is 0 Å². The van der Waals surface area contributed by atoms with Crippen molar-refractivity contribution in [2.75, 3.05) is 0 Å². The Kier molecular flexibility index (Phi) is 3.57. The summed E-state index contributed by atoms with van der Waals surface area (Å²) < 4.78 is 0. The van der Waals surface area contributed by atoms with Crippen molar-refractivity contribution in [3.63, 3.8) is 0 Å². The van der Waals surface area contributed by atoms with E-state index in [9.17, 15) is 0 Å². The van der Waals surface area contributed by atoms with Crippen molar-refractivity contribution in [3.8, 4) is 0 Å². The summed E-state index contributed by atoms with van der Waals surface area (Å²) in [6.07, 6.45) is 9.89. The molecule has 2 aliphatic rings. The first-order valence-electron chi connectivity index (χ1n) is 7.28. The van der Waals surface area contributed by atoms with Crippen LogP contribution in [0.3, 0.4) is 0 Å². The van der Waals surface area contributed by atoms with Crippen molar-refractivity contribution in [3.05, 3.63) is 33.8 Å². The number of benzene rings is 1. The molecule has 0 heterocycles. The quantitative estimate of drug-likeness (QED) is 0.827. The molecule has 2 fully saturated rings. The predicted molar refractivity (Wildman–Crippen MR) is 82.0 cm³/mol. The van der Waals surface area contributed by atoms with Crippen LogP contribution in [0.2, 0.25) is 10.0 Å². The molecule has 0 unspecified atom stereocenters. The number of hydrogen-bond donors (Lipinski definition) is 1. The van der Waals surface area contributed by atoms with Crippen LogP contribution in [0.1, 0.15) is 56.9 Å². The zero-order valence-electron chi connectivity index (χ0n) is 11.2. The molecule has 0 atom stereocenters. The van der Waals surface area contributed by atoms with Gasteiger partial charge in [0.25, 0.3) is 0 Å². The molecular formula is C16H21Cl2N. The Bertz CT molecular complexity index is 474. The third-order valence-electron chi connectivity index (χ3n) is 4.93. The summed E-state index contributed by atoms with van der Waals surface area (Å²) in [7, 11) is 0. The van der Waals surface area contributed by atoms with Crippen molar-refractivity contribution in [1.29, 1.82) is 0 Å². The van der Waals surface area contributed by atoms with Gasteiger partial charge in [-0.2, -0.15) is 0 Å². The van der Waals surface area contributed by atoms with E-state index < -0.39 is 0 Å². The minimum absolute atomic E-state index is 0.0868. The fourth-order valence-electron chi connectivity index (χ4n) is 3.63. The third kappa shape index (κ3) is 2.79. The van der Waals surface area contributed by atoms with Gasteiger partial charge in [-0.05, 0) is 55.2 Å². The van der Waals surface area contributed by atoms with Crippen LogP contribution in [-0.2, 0) is 5.41 Å². The average molecular weight is 298 g/mol. The minimum Gasteiger partial charge on any atom is -0.325 e. The van der Waals surface area contributed by atoms with Crippen LogP contribution in [0.15, 0.2) is 18.2 Å². The number of halogens is 2. The summed E-state index contributed by atoms with van der Waals surface area (Å²) in [6.45, 7) is 0. The number of nitrogens with two attached hydrogens (primary N) is 1. The molecule has 0 aromatic heterocycles. The maximum Gasteiger partial charge on any atom is 0.0595 e. The molecule has 1 aromatic carbocycles. The third-order valence-corrected chi connectivity index (χ3v) is 5.66. The molecule has 0 aliphatic heterocycles. The van der Waals surface area contributed by atoms with E-state index in [0.717, 1.165) is 6.42 Å². The van der Waals surface area contributed by atoms with E-state index in [1.54, 1.807) is 0 Å². The van der Waals surface area contributed by atoms with Crippen LogP contribution in [0, 0.1) is 0 Å². The Balaban J connectivity index is 1.95. The Hall–Kier alpha value is -0.240. The molecular weight excluding hydrogens is 277 g/mol. The highest BCUT2D eigenvalue weighted by molar-refractivity contribution is 6.42. The van der Waals surface area contributed by atoms with Gasteiger partial charge in [-0.25, -0.2) is 0 Å². The molecule has 0 amide bonds. The van der Waals surface area contributed by atoms with Crippen LogP contribution >= 0.6 is 23.2 Å². The molecule has 0 radical (unpaired) electrons. The van der Waals surface area contributed by atoms with E-state index in [2.05, 4.69) is 12.1 Å². The molecule has 104 valence electrons. The average Bonchev–Trinajstić information content (AvgIpc) is 3.11. The van der Waals surface area contributed by atoms with Crippen molar-refractivity contribution in [2.24, 2.45) is 5.73 Å². The Morgan fingerprint density at radius 1 is 0.947 bits per heavy atom. The fraction of sp³-hybridized carbons (Fsp3) is 0.625. The zero-order valence-corrected chi connectivity index (χ0v) is 12.7. The summed E-state index contributed by atoms with van der Waals surface area (Å²) in [5.74, 6) is 0. The van der Waals surface area contributed by atoms with Gasteiger partial charge in [0.05, 0.1) is 10.0 Å². The number of hydrogen-bond acceptors (Lipinski definition) is 1. The van der Waals surface area contributed by atoms with Crippen LogP contribution in [0.4, 0.5) is 0 Å². The molecule has 0 saturated heterocycles. The second-order valence-corrected chi connectivity index (χ2v) is 7.32. The van der Waals surface area contributed by atoms with E-state index in [4.69, 9.17) is 28.9 Å². The van der Waals surface area contributed by atoms with Crippen LogP contribution in [0.5, 0.6) is 0 Å². The number of rotatable bonds is 3. The van der Waals surface area contributed by atoms with Gasteiger partial charge in [0.1, 0.15) is 0 Å². The smallest absolute Gasteiger partial charge is 0.0595 e. The van der Waals surface area contributed by atoms with Gasteiger partial charge in [-0.3, -0.25) is 0 Å². The normalized spacial score (nSPS) is 24.2. The monoisotopic (exact) mass is 297 g/mol. The molecule has 2 aliphatic carbocycles. The van der Waals surface area contributed by atoms with Gasteiger partial charge in [-0.1, -0.05) is 48.5 Å². The van der Waals surface area contributed by atoms with E-state index in [0.29, 0.717) is 10.0 Å². The topological polar surface area (TPSA) is 26.0 Å². The maximum atomic E-state index is 6.41. The molecule has 2 saturated carbocycles. The zero-order chi connectivity index (χ0) is 13.5. The first-order chi connectivity index (χ1) is 9.03. The van der Waals surface area contributed by atoms with Crippen molar-refractivity contribution < 1.29 is 0 Å². The van der Waals surface area contributed by atoms with E-state index in [-0.39, 0.29) is 11.0 Å². The molecule has 19 heavy (non-hydrogen) atoms. The summed E-state index contributed by atoms with van der Waals surface area (Å²) in [5, 5.41) is 1.32. The Labute approximate surface area is 125 Å². The van der Waals surface area contributed by atoms with Crippen molar-refractivity contribution >= 4 is 23.2 Å². The standard InChI is InChI=1S/C16H21Cl2N/c17-13-5-4-12(10-14(13)18)15(6-2-1-3-7-15)11-16(19)8-9-16/h4-5,10H,1-3,6-9,11,19H2. The summed E-state index contributed by atoms with van der Waals surface area (Å²) in [5.41, 5.74) is 8.08. The van der Waals surface area contributed by atoms with Crippen molar-refractivity contribution in [1.82, 2.24) is 0 Å². The second-order valence-electron chi connectivity index (χ2n) is 6.51. The Morgan fingerprint density at radius 2 is 1.63 bits per heavy atom. The molecule has 1 nitrogen and oxygen atoms in total. The molecule has 3 heteroatoms. The summed E-state index contributed by atoms with van der Waals surface area (Å²) in [6, 6.07) is 6.16. The summed E-state index contributed by atoms with van der Waals surface area (Å²) in [4.78, 5) is 0. The summed E-state index contributed by atoms with van der Waals surface area (Å²) >= 11 is 12.3. The predicted octanol–water partition coefficient (Wildman–Crippen LogP) is 5.08. The highest BCUT2D eigenvalue weighted by Crippen LogP contribution is 2.51. The highest BCUT2D eigenvalue weighted by Gasteiger charge is 2.47. The van der Waals surface area contributed by atoms with Gasteiger partial charge in [-0.15, -0.1) is 0 Å². The Morgan fingerprint density at radius 3 is 2.21 bits per heavy atom. The van der Waals surface area contributed by atoms with Crippen LogP contribution in [-0.4, -0.2) is 5.54 Å². The second kappa shape index (κ2) is 4.95. The molecule has 0 bridgehead atoms. The van der Waals surface area contributed by atoms with Crippen LogP contribution < -0.4 is 5.73 Å². The van der Waals surface area contributed by atoms with Gasteiger partial charge in [0.2, 0.25) is 0 Å². The highest BCUT2D eigenvalue weighted by atomic mass is 35.5. The lowest BCUT2D eigenvalue weighted by molar-refractivity contribution is 0.250. The fourth-order valence-corrected chi connectivity index (χ4v) is 3.93. The van der Waals surface area contributed by atoms with Gasteiger partial charge < -0.3 is 5.73 Å². The largest absolute Gasteiger partial charge is 0.325 e. The molecule has 3 rings (SSSR count). The maximum absolute atomic E-state index is 6.41. The minimum atomic E-state index is 0.0868. The van der Waals surface area contributed by atoms with E-state index in [1.165, 1.54) is 50.5 Å². The van der Waals surface area contributed by atoms with Gasteiger partial charge >= 0.3 is 0 Å². The molecule has 0 spiro atoms. The van der Waals surface area contributed by atoms with Gasteiger partial charge in [0.15, 0.2) is 0 Å². The lowest BCUT2D eigenvalue weighted by Gasteiger charge is -2.40. The lowest BCUT2D eigenvalue weighted by atomic mass is 9.65. The van der Waals surface area contributed by atoms with Crippen LogP contribution in [0.25, 0.3) is 0 Å². The first kappa shape index (κ1) is 13.7. The van der Waals surface area contributed by atoms with E-state index in [1.807, 2.05) is 6.07 Å². The van der Waals surface area contributed by atoms with Gasteiger partial charge in [0, 0.05) is 5.54 Å². The first-order valence-corrected chi connectivity index (χ1v) is 8.03. The molecule has 1 aromatic rings. The lowest BCUT2D eigenvalue weighted by Crippen LogP contribution is -2.38.